The monoisotopic (exact) mass is 232 g/mol. The van der Waals surface area contributed by atoms with Crippen LogP contribution in [0.25, 0.3) is 0 Å². The van der Waals surface area contributed by atoms with Crippen molar-refractivity contribution in [2.75, 3.05) is 7.11 Å². The van der Waals surface area contributed by atoms with Crippen LogP contribution in [-0.2, 0) is 17.8 Å². The number of furan rings is 1. The normalized spacial score (nSPS) is 12.6. The molecule has 90 valence electrons. The minimum Gasteiger partial charge on any atom is -0.472 e. The third-order valence-electron chi connectivity index (χ3n) is 2.66. The number of hydrogen-bond donors (Lipinski definition) is 1. The van der Waals surface area contributed by atoms with Crippen LogP contribution in [0.1, 0.15) is 22.8 Å². The minimum atomic E-state index is -0.510. The topological polar surface area (TPSA) is 42.6 Å². The fraction of sp³-hybridized carbons (Fsp3) is 0.286. The van der Waals surface area contributed by atoms with Crippen molar-refractivity contribution in [1.29, 1.82) is 0 Å². The largest absolute Gasteiger partial charge is 0.472 e. The van der Waals surface area contributed by atoms with E-state index in [-0.39, 0.29) is 0 Å². The van der Waals surface area contributed by atoms with E-state index in [0.29, 0.717) is 13.0 Å². The van der Waals surface area contributed by atoms with E-state index in [4.69, 9.17) is 9.15 Å². The zero-order chi connectivity index (χ0) is 12.1. The average Bonchev–Trinajstić information content (AvgIpc) is 2.83. The first-order chi connectivity index (χ1) is 8.29. The SMILES string of the molecule is COCc1cccc(C(O)Cc2ccoc2)c1. The molecule has 1 N–H and O–H groups in total. The Balaban J connectivity index is 2.07. The van der Waals surface area contributed by atoms with Crippen LogP contribution >= 0.6 is 0 Å². The highest BCUT2D eigenvalue weighted by atomic mass is 16.5. The summed E-state index contributed by atoms with van der Waals surface area (Å²) in [6.07, 6.45) is 3.32. The van der Waals surface area contributed by atoms with Gasteiger partial charge in [-0.25, -0.2) is 0 Å². The standard InChI is InChI=1S/C14H16O3/c1-16-9-11-3-2-4-13(7-11)14(15)8-12-5-6-17-10-12/h2-7,10,14-15H,8-9H2,1H3. The number of hydrogen-bond acceptors (Lipinski definition) is 3. The fourth-order valence-electron chi connectivity index (χ4n) is 1.81. The molecule has 0 aliphatic rings. The van der Waals surface area contributed by atoms with Gasteiger partial charge in [0, 0.05) is 13.5 Å². The molecule has 0 spiro atoms. The van der Waals surface area contributed by atoms with Crippen molar-refractivity contribution < 1.29 is 14.3 Å². The Hall–Kier alpha value is -1.58. The Morgan fingerprint density at radius 2 is 2.18 bits per heavy atom. The van der Waals surface area contributed by atoms with Crippen LogP contribution in [0.2, 0.25) is 0 Å². The lowest BCUT2D eigenvalue weighted by Crippen LogP contribution is -2.02. The van der Waals surface area contributed by atoms with Gasteiger partial charge in [0.15, 0.2) is 0 Å². The highest BCUT2D eigenvalue weighted by Gasteiger charge is 2.09. The van der Waals surface area contributed by atoms with E-state index >= 15 is 0 Å². The second-order valence-corrected chi connectivity index (χ2v) is 4.03. The molecule has 17 heavy (non-hydrogen) atoms. The summed E-state index contributed by atoms with van der Waals surface area (Å²) in [6.45, 7) is 0.562. The molecule has 0 aliphatic carbocycles. The molecule has 1 aromatic heterocycles. The third-order valence-corrected chi connectivity index (χ3v) is 2.66. The lowest BCUT2D eigenvalue weighted by Gasteiger charge is -2.11. The Morgan fingerprint density at radius 1 is 1.29 bits per heavy atom. The van der Waals surface area contributed by atoms with Crippen LogP contribution in [0.4, 0.5) is 0 Å². The van der Waals surface area contributed by atoms with Gasteiger partial charge in [-0.05, 0) is 22.8 Å². The molecule has 1 aromatic carbocycles. The molecule has 0 fully saturated rings. The molecule has 1 atom stereocenters. The molecular formula is C14H16O3. The summed E-state index contributed by atoms with van der Waals surface area (Å²) < 4.78 is 10.1. The van der Waals surface area contributed by atoms with Crippen molar-refractivity contribution in [3.8, 4) is 0 Å². The number of rotatable bonds is 5. The second kappa shape index (κ2) is 5.66. The van der Waals surface area contributed by atoms with Crippen LogP contribution in [0, 0.1) is 0 Å². The Morgan fingerprint density at radius 3 is 2.88 bits per heavy atom. The first kappa shape index (κ1) is 11.9. The van der Waals surface area contributed by atoms with E-state index in [2.05, 4.69) is 0 Å². The van der Waals surface area contributed by atoms with Crippen molar-refractivity contribution in [2.24, 2.45) is 0 Å². The van der Waals surface area contributed by atoms with Crippen LogP contribution in [0.5, 0.6) is 0 Å². The van der Waals surface area contributed by atoms with Gasteiger partial charge in [-0.15, -0.1) is 0 Å². The van der Waals surface area contributed by atoms with E-state index in [1.54, 1.807) is 19.6 Å². The molecule has 0 bridgehead atoms. The van der Waals surface area contributed by atoms with Crippen LogP contribution < -0.4 is 0 Å². The third kappa shape index (κ3) is 3.19. The van der Waals surface area contributed by atoms with Gasteiger partial charge >= 0.3 is 0 Å². The summed E-state index contributed by atoms with van der Waals surface area (Å²) in [7, 11) is 1.66. The molecule has 0 saturated heterocycles. The van der Waals surface area contributed by atoms with E-state index in [1.165, 1.54) is 0 Å². The lowest BCUT2D eigenvalue weighted by molar-refractivity contribution is 0.175. The molecule has 1 unspecified atom stereocenters. The summed E-state index contributed by atoms with van der Waals surface area (Å²) in [6, 6.07) is 9.67. The van der Waals surface area contributed by atoms with Crippen molar-refractivity contribution in [1.82, 2.24) is 0 Å². The maximum atomic E-state index is 10.1. The first-order valence-electron chi connectivity index (χ1n) is 5.56. The Bertz CT molecular complexity index is 448. The lowest BCUT2D eigenvalue weighted by atomic mass is 10.0. The molecule has 3 heteroatoms. The molecule has 3 nitrogen and oxygen atoms in total. The first-order valence-corrected chi connectivity index (χ1v) is 5.56. The second-order valence-electron chi connectivity index (χ2n) is 4.03. The Kier molecular flexibility index (Phi) is 3.96. The summed E-state index contributed by atoms with van der Waals surface area (Å²) in [5.41, 5.74) is 2.96. The van der Waals surface area contributed by atoms with Crippen LogP contribution in [-0.4, -0.2) is 12.2 Å². The van der Waals surface area contributed by atoms with Gasteiger partial charge < -0.3 is 14.3 Å². The molecular weight excluding hydrogens is 216 g/mol. The minimum absolute atomic E-state index is 0.510. The van der Waals surface area contributed by atoms with Gasteiger partial charge in [-0.3, -0.25) is 0 Å². The summed E-state index contributed by atoms with van der Waals surface area (Å²) in [5, 5.41) is 10.1. The van der Waals surface area contributed by atoms with Crippen molar-refractivity contribution in [3.05, 3.63) is 59.5 Å². The Labute approximate surface area is 101 Å². The molecule has 2 aromatic rings. The smallest absolute Gasteiger partial charge is 0.0935 e. The summed E-state index contributed by atoms with van der Waals surface area (Å²) in [4.78, 5) is 0. The van der Waals surface area contributed by atoms with Gasteiger partial charge in [0.25, 0.3) is 0 Å². The quantitative estimate of drug-likeness (QED) is 0.861. The molecule has 1 heterocycles. The number of aliphatic hydroxyl groups is 1. The fourth-order valence-corrected chi connectivity index (χ4v) is 1.81. The zero-order valence-corrected chi connectivity index (χ0v) is 9.80. The van der Waals surface area contributed by atoms with E-state index in [1.807, 2.05) is 30.3 Å². The van der Waals surface area contributed by atoms with Crippen molar-refractivity contribution >= 4 is 0 Å². The van der Waals surface area contributed by atoms with Gasteiger partial charge in [-0.1, -0.05) is 24.3 Å². The number of benzene rings is 1. The number of ether oxygens (including phenoxy) is 1. The van der Waals surface area contributed by atoms with Gasteiger partial charge in [-0.2, -0.15) is 0 Å². The van der Waals surface area contributed by atoms with Crippen molar-refractivity contribution in [2.45, 2.75) is 19.1 Å². The molecule has 0 saturated carbocycles. The van der Waals surface area contributed by atoms with E-state index in [0.717, 1.165) is 16.7 Å². The zero-order valence-electron chi connectivity index (χ0n) is 9.80. The van der Waals surface area contributed by atoms with Crippen molar-refractivity contribution in [3.63, 3.8) is 0 Å². The van der Waals surface area contributed by atoms with Crippen LogP contribution in [0.3, 0.4) is 0 Å². The van der Waals surface area contributed by atoms with Gasteiger partial charge in [0.05, 0.1) is 25.2 Å². The molecule has 0 aliphatic heterocycles. The van der Waals surface area contributed by atoms with Gasteiger partial charge in [0.1, 0.15) is 0 Å². The molecule has 2 rings (SSSR count). The van der Waals surface area contributed by atoms with E-state index < -0.39 is 6.10 Å². The highest BCUT2D eigenvalue weighted by molar-refractivity contribution is 5.26. The molecule has 0 radical (unpaired) electrons. The molecule has 0 amide bonds. The number of aliphatic hydroxyl groups excluding tert-OH is 1. The average molecular weight is 232 g/mol. The van der Waals surface area contributed by atoms with Gasteiger partial charge in [0.2, 0.25) is 0 Å². The van der Waals surface area contributed by atoms with Crippen LogP contribution in [0.15, 0.2) is 47.3 Å². The maximum absolute atomic E-state index is 10.1. The number of methoxy groups -OCH3 is 1. The maximum Gasteiger partial charge on any atom is 0.0935 e. The summed E-state index contributed by atoms with van der Waals surface area (Å²) in [5.74, 6) is 0. The predicted octanol–water partition coefficient (Wildman–Crippen LogP) is 2.70. The summed E-state index contributed by atoms with van der Waals surface area (Å²) >= 11 is 0. The highest BCUT2D eigenvalue weighted by Crippen LogP contribution is 2.19. The predicted molar refractivity (Wildman–Crippen MR) is 64.5 cm³/mol. The van der Waals surface area contributed by atoms with E-state index in [9.17, 15) is 5.11 Å².